The van der Waals surface area contributed by atoms with Gasteiger partial charge in [0, 0.05) is 6.92 Å². The second-order valence-corrected chi connectivity index (χ2v) is 11.5. The Bertz CT molecular complexity index is 839. The first-order valence-corrected chi connectivity index (χ1v) is 10.7. The largest absolute Gasteiger partial charge is 0.458 e. The number of hydrogen-bond acceptors (Lipinski definition) is 6. The highest BCUT2D eigenvalue weighted by atomic mass is 35.6. The number of alkyl halides is 3. The number of para-hydroxylation sites is 2. The molecule has 2 saturated heterocycles. The fourth-order valence-electron chi connectivity index (χ4n) is 3.32. The van der Waals surface area contributed by atoms with Crippen LogP contribution in [0.4, 0.5) is 0 Å². The van der Waals surface area contributed by atoms with Gasteiger partial charge in [-0.25, -0.2) is 4.79 Å². The van der Waals surface area contributed by atoms with E-state index in [1.165, 1.54) is 23.6 Å². The van der Waals surface area contributed by atoms with Crippen LogP contribution < -0.4 is 10.1 Å². The molecule has 3 aliphatic rings. The monoisotopic (exact) mass is 480 g/mol. The van der Waals surface area contributed by atoms with Crippen molar-refractivity contribution in [3.63, 3.8) is 0 Å². The van der Waals surface area contributed by atoms with Gasteiger partial charge in [-0.1, -0.05) is 46.9 Å². The number of fused-ring (bicyclic) bond motifs is 2. The van der Waals surface area contributed by atoms with Gasteiger partial charge in [-0.15, -0.1) is 11.8 Å². The Kier molecular flexibility index (Phi) is 5.95. The molecule has 1 unspecified atom stereocenters. The van der Waals surface area contributed by atoms with E-state index in [2.05, 4.69) is 5.32 Å². The Balaban J connectivity index is 0.000000283. The summed E-state index contributed by atoms with van der Waals surface area (Å²) in [6.07, 6.45) is 0.313. The maximum atomic E-state index is 12.7. The van der Waals surface area contributed by atoms with E-state index >= 15 is 0 Å². The Morgan fingerprint density at radius 1 is 1.31 bits per heavy atom. The second kappa shape index (κ2) is 7.72. The molecule has 0 radical (unpaired) electrons. The molecule has 2 fully saturated rings. The van der Waals surface area contributed by atoms with Crippen molar-refractivity contribution < 1.29 is 23.9 Å². The summed E-state index contributed by atoms with van der Waals surface area (Å²) in [4.78, 5) is 37.6. The lowest BCUT2D eigenvalue weighted by Gasteiger charge is -2.47. The van der Waals surface area contributed by atoms with Crippen LogP contribution in [0.15, 0.2) is 24.3 Å². The molecular formula is C18H19Cl3N2O5S. The highest BCUT2D eigenvalue weighted by molar-refractivity contribution is 8.01. The molecule has 0 aromatic heterocycles. The predicted molar refractivity (Wildman–Crippen MR) is 111 cm³/mol. The number of nitrogens with one attached hydrogen (secondary N) is 1. The Hall–Kier alpha value is -1.35. The molecule has 0 bridgehead atoms. The summed E-state index contributed by atoms with van der Waals surface area (Å²) in [5.74, 6) is 0.551. The van der Waals surface area contributed by atoms with Crippen LogP contribution in [0, 0.1) is 0 Å². The van der Waals surface area contributed by atoms with Gasteiger partial charge in [0.15, 0.2) is 11.5 Å². The first-order chi connectivity index (χ1) is 13.4. The number of thioether (sulfide) groups is 1. The van der Waals surface area contributed by atoms with Crippen LogP contribution >= 0.6 is 46.6 Å². The molecule has 3 aliphatic heterocycles. The van der Waals surface area contributed by atoms with E-state index in [4.69, 9.17) is 44.3 Å². The quantitative estimate of drug-likeness (QED) is 0.312. The molecule has 1 N–H and O–H groups in total. The highest BCUT2D eigenvalue weighted by Crippen LogP contribution is 2.56. The molecule has 1 aromatic carbocycles. The predicted octanol–water partition coefficient (Wildman–Crippen LogP) is 3.61. The number of ether oxygens (including phenoxy) is 2. The minimum absolute atomic E-state index is 0.185. The summed E-state index contributed by atoms with van der Waals surface area (Å²) >= 11 is 18.2. The maximum Gasteiger partial charge on any atom is 0.354 e. The Morgan fingerprint density at radius 3 is 2.34 bits per heavy atom. The van der Waals surface area contributed by atoms with Gasteiger partial charge in [-0.2, -0.15) is 0 Å². The van der Waals surface area contributed by atoms with E-state index in [1.54, 1.807) is 13.8 Å². The average molecular weight is 482 g/mol. The van der Waals surface area contributed by atoms with Crippen LogP contribution in [-0.4, -0.2) is 48.9 Å². The number of rotatable bonds is 3. The van der Waals surface area contributed by atoms with Crippen molar-refractivity contribution in [3.8, 4) is 11.5 Å². The number of halogens is 3. The fraction of sp³-hybridized carbons (Fsp3) is 0.500. The zero-order valence-electron chi connectivity index (χ0n) is 15.8. The van der Waals surface area contributed by atoms with Crippen LogP contribution in [0.2, 0.25) is 0 Å². The number of benzene rings is 1. The fourth-order valence-corrected chi connectivity index (χ4v) is 5.18. The minimum Gasteiger partial charge on any atom is -0.458 e. The van der Waals surface area contributed by atoms with Crippen LogP contribution in [0.1, 0.15) is 27.2 Å². The van der Waals surface area contributed by atoms with E-state index in [0.29, 0.717) is 6.42 Å². The van der Waals surface area contributed by atoms with Crippen molar-refractivity contribution in [1.29, 1.82) is 0 Å². The normalized spacial score (nSPS) is 25.4. The lowest BCUT2D eigenvalue weighted by Crippen LogP contribution is -2.75. The number of carbonyl (C=O) groups is 3. The summed E-state index contributed by atoms with van der Waals surface area (Å²) < 4.78 is 7.44. The minimum atomic E-state index is -1.78. The van der Waals surface area contributed by atoms with Gasteiger partial charge in [-0.3, -0.25) is 14.5 Å². The smallest absolute Gasteiger partial charge is 0.354 e. The van der Waals surface area contributed by atoms with E-state index in [-0.39, 0.29) is 11.3 Å². The van der Waals surface area contributed by atoms with Crippen LogP contribution in [0.25, 0.3) is 0 Å². The number of esters is 1. The van der Waals surface area contributed by atoms with Crippen molar-refractivity contribution in [2.45, 2.75) is 46.8 Å². The highest BCUT2D eigenvalue weighted by Gasteiger charge is 2.70. The lowest BCUT2D eigenvalue weighted by molar-refractivity contribution is -0.177. The summed E-state index contributed by atoms with van der Waals surface area (Å²) in [6, 6.07) is 7.84. The first-order valence-electron chi connectivity index (χ1n) is 8.67. The van der Waals surface area contributed by atoms with Gasteiger partial charge in [-0.05, 0) is 26.0 Å². The van der Waals surface area contributed by atoms with Crippen LogP contribution in [0.3, 0.4) is 0 Å². The molecule has 0 saturated carbocycles. The van der Waals surface area contributed by atoms with Gasteiger partial charge < -0.3 is 14.8 Å². The van der Waals surface area contributed by atoms with E-state index in [1.807, 2.05) is 24.3 Å². The van der Waals surface area contributed by atoms with Crippen molar-refractivity contribution in [2.24, 2.45) is 0 Å². The molecule has 3 heterocycles. The van der Waals surface area contributed by atoms with E-state index in [0.717, 1.165) is 11.5 Å². The molecule has 4 rings (SSSR count). The van der Waals surface area contributed by atoms with Crippen molar-refractivity contribution in [1.82, 2.24) is 10.2 Å². The number of nitrogens with zero attached hydrogens (tertiary/aromatic N) is 1. The summed E-state index contributed by atoms with van der Waals surface area (Å²) in [5.41, 5.74) is -1.61. The van der Waals surface area contributed by atoms with Crippen LogP contribution in [0.5, 0.6) is 11.5 Å². The molecular weight excluding hydrogens is 463 g/mol. The van der Waals surface area contributed by atoms with Crippen molar-refractivity contribution in [2.75, 3.05) is 6.61 Å². The zero-order chi connectivity index (χ0) is 21.6. The maximum absolute atomic E-state index is 12.7. The molecule has 29 heavy (non-hydrogen) atoms. The lowest BCUT2D eigenvalue weighted by atomic mass is 9.89. The standard InChI is InChI=1S/C12H15Cl3N2O4S.C6H4O/c1-6(18)16-12(9(20)21-5-11(13,14)15)10(2,3)22-8-4-7(19)17(8)12;1-2-4-6-5(3-1)7-6/h8H,4-5H2,1-3H3,(H,16,18);1-4H/t8-,12?;/m1./s1. The third kappa shape index (κ3) is 4.40. The first kappa shape index (κ1) is 22.3. The number of amides is 2. The Morgan fingerprint density at radius 2 is 1.90 bits per heavy atom. The van der Waals surface area contributed by atoms with Gasteiger partial charge in [0.2, 0.25) is 21.3 Å². The molecule has 2 amide bonds. The van der Waals surface area contributed by atoms with Gasteiger partial charge in [0.25, 0.3) is 0 Å². The van der Waals surface area contributed by atoms with Crippen molar-refractivity contribution in [3.05, 3.63) is 24.3 Å². The van der Waals surface area contributed by atoms with Gasteiger partial charge in [0.05, 0.1) is 16.5 Å². The second-order valence-electron chi connectivity index (χ2n) is 7.18. The number of hydrogen-bond donors (Lipinski definition) is 1. The number of β-lactam (4-membered cyclic amide) rings is 1. The molecule has 2 atom stereocenters. The molecule has 0 spiro atoms. The summed E-state index contributed by atoms with van der Waals surface area (Å²) in [5, 5.41) is 2.40. The third-order valence-electron chi connectivity index (χ3n) is 4.62. The zero-order valence-corrected chi connectivity index (χ0v) is 18.9. The third-order valence-corrected chi connectivity index (χ3v) is 6.48. The molecule has 11 heteroatoms. The summed E-state index contributed by atoms with van der Waals surface area (Å²) in [6.45, 7) is 4.30. The topological polar surface area (TPSA) is 88.2 Å². The van der Waals surface area contributed by atoms with Crippen LogP contribution in [-0.2, 0) is 19.1 Å². The van der Waals surface area contributed by atoms with Gasteiger partial charge >= 0.3 is 5.97 Å². The van der Waals surface area contributed by atoms with Gasteiger partial charge in [0.1, 0.15) is 6.61 Å². The molecule has 158 valence electrons. The van der Waals surface area contributed by atoms with E-state index < -0.39 is 32.7 Å². The Labute approximate surface area is 187 Å². The molecule has 7 nitrogen and oxygen atoms in total. The van der Waals surface area contributed by atoms with Crippen molar-refractivity contribution >= 4 is 64.3 Å². The molecule has 0 aliphatic carbocycles. The van der Waals surface area contributed by atoms with E-state index in [9.17, 15) is 14.4 Å². The summed E-state index contributed by atoms with van der Waals surface area (Å²) in [7, 11) is 0. The average Bonchev–Trinajstić information content (AvgIpc) is 3.33. The SMILES string of the molecule is CC(=O)NC1(C(=O)OCC(Cl)(Cl)Cl)N2C(=O)C[C@H]2SC1(C)C.c1ccc2c(c1)O2. The molecule has 1 aromatic rings. The number of carbonyl (C=O) groups excluding carboxylic acids is 3.